The van der Waals surface area contributed by atoms with E-state index < -0.39 is 0 Å². The van der Waals surface area contributed by atoms with Crippen LogP contribution >= 0.6 is 0 Å². The Morgan fingerprint density at radius 2 is 1.71 bits per heavy atom. The van der Waals surface area contributed by atoms with E-state index in [-0.39, 0.29) is 12.5 Å². The maximum atomic E-state index is 12.4. The Hall–Kier alpha value is -3.67. The third kappa shape index (κ3) is 3.86. The first-order chi connectivity index (χ1) is 13.7. The SMILES string of the molecule is Cc1ccnn1CC(=O)NCc1cn(-c2ccccc2)nc1-c1ccccc1. The molecule has 4 rings (SSSR count). The monoisotopic (exact) mass is 371 g/mol. The molecule has 6 heteroatoms. The van der Waals surface area contributed by atoms with Gasteiger partial charge in [0, 0.05) is 35.8 Å². The van der Waals surface area contributed by atoms with Crippen molar-refractivity contribution in [1.82, 2.24) is 24.9 Å². The Bertz CT molecular complexity index is 1070. The van der Waals surface area contributed by atoms with Crippen molar-refractivity contribution in [3.63, 3.8) is 0 Å². The average Bonchev–Trinajstić information content (AvgIpc) is 3.34. The molecule has 6 nitrogen and oxygen atoms in total. The molecule has 0 radical (unpaired) electrons. The third-order valence-electron chi connectivity index (χ3n) is 4.56. The van der Waals surface area contributed by atoms with Crippen molar-refractivity contribution in [2.75, 3.05) is 0 Å². The molecule has 4 aromatic rings. The summed E-state index contributed by atoms with van der Waals surface area (Å²) >= 11 is 0. The Balaban J connectivity index is 1.57. The normalized spacial score (nSPS) is 10.8. The van der Waals surface area contributed by atoms with E-state index in [1.807, 2.05) is 84.5 Å². The maximum absolute atomic E-state index is 12.4. The van der Waals surface area contributed by atoms with Crippen LogP contribution in [0, 0.1) is 6.92 Å². The van der Waals surface area contributed by atoms with Crippen LogP contribution in [0.4, 0.5) is 0 Å². The van der Waals surface area contributed by atoms with Gasteiger partial charge >= 0.3 is 0 Å². The van der Waals surface area contributed by atoms with Crippen LogP contribution in [0.3, 0.4) is 0 Å². The van der Waals surface area contributed by atoms with E-state index in [0.717, 1.165) is 28.2 Å². The van der Waals surface area contributed by atoms with Gasteiger partial charge in [-0.05, 0) is 25.1 Å². The predicted molar refractivity (Wildman–Crippen MR) is 108 cm³/mol. The van der Waals surface area contributed by atoms with E-state index in [4.69, 9.17) is 5.10 Å². The lowest BCUT2D eigenvalue weighted by atomic mass is 10.1. The molecule has 0 fully saturated rings. The molecule has 2 aromatic carbocycles. The first kappa shape index (κ1) is 17.7. The molecule has 1 N–H and O–H groups in total. The van der Waals surface area contributed by atoms with Crippen LogP contribution in [0.25, 0.3) is 16.9 Å². The Kier molecular flexibility index (Phi) is 5.01. The number of carbonyl (C=O) groups is 1. The van der Waals surface area contributed by atoms with Crippen molar-refractivity contribution < 1.29 is 4.79 Å². The minimum absolute atomic E-state index is 0.0849. The minimum atomic E-state index is -0.0849. The number of aryl methyl sites for hydroxylation is 1. The van der Waals surface area contributed by atoms with Gasteiger partial charge in [-0.2, -0.15) is 10.2 Å². The van der Waals surface area contributed by atoms with Crippen LogP contribution in [-0.2, 0) is 17.9 Å². The number of carbonyl (C=O) groups excluding carboxylic acids is 1. The number of rotatable bonds is 6. The largest absolute Gasteiger partial charge is 0.350 e. The fourth-order valence-corrected chi connectivity index (χ4v) is 3.04. The second-order valence-corrected chi connectivity index (χ2v) is 6.56. The molecule has 0 spiro atoms. The van der Waals surface area contributed by atoms with Crippen molar-refractivity contribution in [3.8, 4) is 16.9 Å². The summed E-state index contributed by atoms with van der Waals surface area (Å²) in [5.41, 5.74) is 4.77. The highest BCUT2D eigenvalue weighted by Gasteiger charge is 2.13. The van der Waals surface area contributed by atoms with Crippen molar-refractivity contribution in [1.29, 1.82) is 0 Å². The summed E-state index contributed by atoms with van der Waals surface area (Å²) in [4.78, 5) is 12.4. The van der Waals surface area contributed by atoms with E-state index in [1.165, 1.54) is 0 Å². The summed E-state index contributed by atoms with van der Waals surface area (Å²) < 4.78 is 3.53. The molecule has 0 aliphatic carbocycles. The third-order valence-corrected chi connectivity index (χ3v) is 4.56. The van der Waals surface area contributed by atoms with E-state index in [0.29, 0.717) is 6.54 Å². The molecular weight excluding hydrogens is 350 g/mol. The lowest BCUT2D eigenvalue weighted by Gasteiger charge is -2.07. The Morgan fingerprint density at radius 3 is 2.39 bits per heavy atom. The number of para-hydroxylation sites is 1. The summed E-state index contributed by atoms with van der Waals surface area (Å²) in [5.74, 6) is -0.0849. The second kappa shape index (κ2) is 7.92. The lowest BCUT2D eigenvalue weighted by Crippen LogP contribution is -2.28. The molecule has 140 valence electrons. The van der Waals surface area contributed by atoms with Gasteiger partial charge in [0.1, 0.15) is 6.54 Å². The van der Waals surface area contributed by atoms with Gasteiger partial charge in [-0.3, -0.25) is 9.48 Å². The van der Waals surface area contributed by atoms with E-state index >= 15 is 0 Å². The fourth-order valence-electron chi connectivity index (χ4n) is 3.04. The van der Waals surface area contributed by atoms with Crippen molar-refractivity contribution in [2.24, 2.45) is 0 Å². The standard InChI is InChI=1S/C22H21N5O/c1-17-12-13-24-26(17)16-21(28)23-14-19-15-27(20-10-6-3-7-11-20)25-22(19)18-8-4-2-5-9-18/h2-13,15H,14,16H2,1H3,(H,23,28). The second-order valence-electron chi connectivity index (χ2n) is 6.56. The summed E-state index contributed by atoms with van der Waals surface area (Å²) in [6.45, 7) is 2.53. The van der Waals surface area contributed by atoms with Crippen molar-refractivity contribution >= 4 is 5.91 Å². The highest BCUT2D eigenvalue weighted by Crippen LogP contribution is 2.23. The van der Waals surface area contributed by atoms with Crippen molar-refractivity contribution in [2.45, 2.75) is 20.0 Å². The fraction of sp³-hybridized carbons (Fsp3) is 0.136. The van der Waals surface area contributed by atoms with Gasteiger partial charge in [-0.1, -0.05) is 48.5 Å². The van der Waals surface area contributed by atoms with Gasteiger partial charge in [0.2, 0.25) is 5.91 Å². The topological polar surface area (TPSA) is 64.7 Å². The van der Waals surface area contributed by atoms with Crippen LogP contribution in [0.15, 0.2) is 79.1 Å². The molecule has 0 bridgehead atoms. The number of hydrogen-bond donors (Lipinski definition) is 1. The zero-order chi connectivity index (χ0) is 19.3. The predicted octanol–water partition coefficient (Wildman–Crippen LogP) is 3.36. The van der Waals surface area contributed by atoms with Gasteiger partial charge in [-0.15, -0.1) is 0 Å². The molecule has 0 saturated heterocycles. The molecule has 0 unspecified atom stereocenters. The zero-order valence-electron chi connectivity index (χ0n) is 15.6. The van der Waals surface area contributed by atoms with Crippen LogP contribution in [0.2, 0.25) is 0 Å². The molecule has 28 heavy (non-hydrogen) atoms. The van der Waals surface area contributed by atoms with E-state index in [2.05, 4.69) is 10.4 Å². The molecule has 0 aliphatic heterocycles. The van der Waals surface area contributed by atoms with Crippen LogP contribution in [0.1, 0.15) is 11.3 Å². The first-order valence-electron chi connectivity index (χ1n) is 9.15. The Morgan fingerprint density at radius 1 is 1.00 bits per heavy atom. The zero-order valence-corrected chi connectivity index (χ0v) is 15.6. The lowest BCUT2D eigenvalue weighted by molar-refractivity contribution is -0.122. The molecule has 0 saturated carbocycles. The highest BCUT2D eigenvalue weighted by molar-refractivity contribution is 5.76. The smallest absolute Gasteiger partial charge is 0.242 e. The number of hydrogen-bond acceptors (Lipinski definition) is 3. The molecule has 2 heterocycles. The number of nitrogens with one attached hydrogen (secondary N) is 1. The molecule has 0 aliphatic rings. The summed E-state index contributed by atoms with van der Waals surface area (Å²) in [7, 11) is 0. The van der Waals surface area contributed by atoms with Crippen molar-refractivity contribution in [3.05, 3.63) is 90.4 Å². The minimum Gasteiger partial charge on any atom is -0.350 e. The summed E-state index contributed by atoms with van der Waals surface area (Å²) in [5, 5.41) is 11.9. The van der Waals surface area contributed by atoms with E-state index in [1.54, 1.807) is 10.9 Å². The van der Waals surface area contributed by atoms with E-state index in [9.17, 15) is 4.79 Å². The summed E-state index contributed by atoms with van der Waals surface area (Å²) in [6.07, 6.45) is 3.66. The highest BCUT2D eigenvalue weighted by atomic mass is 16.2. The van der Waals surface area contributed by atoms with Crippen LogP contribution < -0.4 is 5.32 Å². The van der Waals surface area contributed by atoms with Gasteiger partial charge in [0.25, 0.3) is 0 Å². The summed E-state index contributed by atoms with van der Waals surface area (Å²) in [6, 6.07) is 21.8. The molecule has 1 amide bonds. The first-order valence-corrected chi connectivity index (χ1v) is 9.15. The quantitative estimate of drug-likeness (QED) is 0.565. The molecule has 0 atom stereocenters. The number of aromatic nitrogens is 4. The van der Waals surface area contributed by atoms with Crippen LogP contribution in [-0.4, -0.2) is 25.5 Å². The molecule has 2 aromatic heterocycles. The number of benzene rings is 2. The van der Waals surface area contributed by atoms with Gasteiger partial charge < -0.3 is 5.32 Å². The average molecular weight is 371 g/mol. The van der Waals surface area contributed by atoms with Gasteiger partial charge in [0.05, 0.1) is 11.4 Å². The molecular formula is C22H21N5O. The van der Waals surface area contributed by atoms with Gasteiger partial charge in [-0.25, -0.2) is 4.68 Å². The maximum Gasteiger partial charge on any atom is 0.242 e. The number of amides is 1. The number of nitrogens with zero attached hydrogens (tertiary/aromatic N) is 4. The Labute approximate surface area is 163 Å². The van der Waals surface area contributed by atoms with Crippen LogP contribution in [0.5, 0.6) is 0 Å². The van der Waals surface area contributed by atoms with Gasteiger partial charge in [0.15, 0.2) is 0 Å².